The first-order valence-electron chi connectivity index (χ1n) is 13.1. The van der Waals surface area contributed by atoms with Crippen LogP contribution in [0.2, 0.25) is 0 Å². The monoisotopic (exact) mass is 479 g/mol. The molecule has 0 bridgehead atoms. The van der Waals surface area contributed by atoms with E-state index < -0.39 is 0 Å². The zero-order chi connectivity index (χ0) is 25.7. The third-order valence-electron chi connectivity index (χ3n) is 8.49. The number of fused-ring (bicyclic) bond motifs is 1. The highest BCUT2D eigenvalue weighted by atomic mass is 16.3. The van der Waals surface area contributed by atoms with E-state index in [1.54, 1.807) is 30.3 Å². The normalized spacial score (nSPS) is 19.0. The van der Waals surface area contributed by atoms with Gasteiger partial charge in [-0.1, -0.05) is 64.1 Å². The first kappa shape index (κ1) is 24.4. The van der Waals surface area contributed by atoms with Gasteiger partial charge in [-0.2, -0.15) is 0 Å². The Labute approximate surface area is 215 Å². The van der Waals surface area contributed by atoms with E-state index in [-0.39, 0.29) is 27.9 Å². The molecule has 0 atom stereocenters. The number of aryl methyl sites for hydroxylation is 1. The molecule has 0 spiro atoms. The maximum Gasteiger partial charge on any atom is 0.248 e. The number of hydrogen-bond acceptors (Lipinski definition) is 2. The summed E-state index contributed by atoms with van der Waals surface area (Å²) in [6.45, 7) is 11.8. The van der Waals surface area contributed by atoms with Crippen molar-refractivity contribution in [2.75, 3.05) is 5.32 Å². The topological polar surface area (TPSA) is 49.3 Å². The standard InChI is InChI=1S/C33H37NO2/c1-22-20-28-29(32(4,5)17-16-31(28,2)3)21-27(22)33(18-19-33)26-9-7-6-8-23(26)10-15-30(36)34-24-11-13-25(35)14-12-24/h6-15,20-21,35H,16-19H2,1-5H3,(H,34,36)/b15-10-. The number of phenols is 1. The minimum Gasteiger partial charge on any atom is -0.508 e. The Morgan fingerprint density at radius 3 is 2.06 bits per heavy atom. The van der Waals surface area contributed by atoms with Gasteiger partial charge >= 0.3 is 0 Å². The minimum absolute atomic E-state index is 0.00511. The van der Waals surface area contributed by atoms with Crippen LogP contribution in [-0.2, 0) is 21.0 Å². The van der Waals surface area contributed by atoms with Crippen LogP contribution < -0.4 is 5.32 Å². The maximum atomic E-state index is 12.6. The highest BCUT2D eigenvalue weighted by Crippen LogP contribution is 2.57. The van der Waals surface area contributed by atoms with Crippen LogP contribution in [0.3, 0.4) is 0 Å². The Morgan fingerprint density at radius 2 is 1.42 bits per heavy atom. The number of hydrogen-bond donors (Lipinski definition) is 2. The van der Waals surface area contributed by atoms with E-state index in [1.807, 2.05) is 12.1 Å². The van der Waals surface area contributed by atoms with Crippen LogP contribution in [0.5, 0.6) is 5.75 Å². The number of nitrogens with one attached hydrogen (secondary N) is 1. The van der Waals surface area contributed by atoms with Gasteiger partial charge in [0.05, 0.1) is 0 Å². The number of phenolic OH excluding ortho intramolecular Hbond substituents is 1. The minimum atomic E-state index is -0.186. The van der Waals surface area contributed by atoms with E-state index in [0.717, 1.165) is 18.4 Å². The van der Waals surface area contributed by atoms with E-state index in [2.05, 4.69) is 70.3 Å². The summed E-state index contributed by atoms with van der Waals surface area (Å²) in [6, 6.07) is 20.0. The number of carbonyl (C=O) groups is 1. The fourth-order valence-electron chi connectivity index (χ4n) is 6.02. The van der Waals surface area contributed by atoms with Crippen molar-refractivity contribution in [3.05, 3.63) is 100 Å². The second kappa shape index (κ2) is 8.65. The molecule has 36 heavy (non-hydrogen) atoms. The fourth-order valence-corrected chi connectivity index (χ4v) is 6.02. The van der Waals surface area contributed by atoms with Crippen LogP contribution in [0.4, 0.5) is 5.69 Å². The van der Waals surface area contributed by atoms with Crippen LogP contribution in [0.15, 0.2) is 66.7 Å². The van der Waals surface area contributed by atoms with E-state index >= 15 is 0 Å². The summed E-state index contributed by atoms with van der Waals surface area (Å²) in [7, 11) is 0. The molecule has 1 fully saturated rings. The van der Waals surface area contributed by atoms with Crippen molar-refractivity contribution in [2.24, 2.45) is 0 Å². The summed E-state index contributed by atoms with van der Waals surface area (Å²) in [5, 5.41) is 12.3. The Kier molecular flexibility index (Phi) is 5.86. The maximum absolute atomic E-state index is 12.6. The zero-order valence-corrected chi connectivity index (χ0v) is 22.1. The van der Waals surface area contributed by atoms with Gasteiger partial charge in [-0.25, -0.2) is 0 Å². The Hall–Kier alpha value is -3.33. The lowest BCUT2D eigenvalue weighted by molar-refractivity contribution is -0.111. The molecule has 0 unspecified atom stereocenters. The lowest BCUT2D eigenvalue weighted by Gasteiger charge is -2.43. The largest absolute Gasteiger partial charge is 0.508 e. The summed E-state index contributed by atoms with van der Waals surface area (Å²) in [5.41, 5.74) is 9.27. The second-order valence-electron chi connectivity index (χ2n) is 12.0. The molecule has 2 aliphatic rings. The van der Waals surface area contributed by atoms with Gasteiger partial charge in [-0.15, -0.1) is 0 Å². The molecule has 0 saturated heterocycles. The predicted octanol–water partition coefficient (Wildman–Crippen LogP) is 7.78. The average Bonchev–Trinajstić information content (AvgIpc) is 3.64. The van der Waals surface area contributed by atoms with Crippen molar-refractivity contribution in [1.29, 1.82) is 0 Å². The summed E-state index contributed by atoms with van der Waals surface area (Å²) in [5.74, 6) is -0.00842. The second-order valence-corrected chi connectivity index (χ2v) is 12.0. The van der Waals surface area contributed by atoms with E-state index in [0.29, 0.717) is 5.69 Å². The van der Waals surface area contributed by atoms with Crippen LogP contribution in [0.1, 0.15) is 86.8 Å². The molecule has 0 aromatic heterocycles. The van der Waals surface area contributed by atoms with Gasteiger partial charge < -0.3 is 10.4 Å². The number of anilines is 1. The highest BCUT2D eigenvalue weighted by molar-refractivity contribution is 6.02. The lowest BCUT2D eigenvalue weighted by atomic mass is 9.62. The van der Waals surface area contributed by atoms with Gasteiger partial charge in [-0.05, 0) is 107 Å². The zero-order valence-electron chi connectivity index (χ0n) is 22.1. The molecule has 2 N–H and O–H groups in total. The Bertz CT molecular complexity index is 1340. The van der Waals surface area contributed by atoms with Crippen LogP contribution in [0, 0.1) is 6.92 Å². The van der Waals surface area contributed by atoms with Crippen molar-refractivity contribution in [2.45, 2.75) is 76.5 Å². The van der Waals surface area contributed by atoms with E-state index in [4.69, 9.17) is 0 Å². The van der Waals surface area contributed by atoms with Crippen molar-refractivity contribution in [1.82, 2.24) is 0 Å². The van der Waals surface area contributed by atoms with Crippen molar-refractivity contribution in [3.63, 3.8) is 0 Å². The molecular weight excluding hydrogens is 442 g/mol. The van der Waals surface area contributed by atoms with Crippen LogP contribution in [-0.4, -0.2) is 11.0 Å². The molecular formula is C33H37NO2. The summed E-state index contributed by atoms with van der Waals surface area (Å²) in [4.78, 5) is 12.6. The molecule has 3 aromatic carbocycles. The molecule has 5 rings (SSSR count). The smallest absolute Gasteiger partial charge is 0.248 e. The van der Waals surface area contributed by atoms with Gasteiger partial charge in [0.2, 0.25) is 5.91 Å². The Balaban J connectivity index is 1.49. The average molecular weight is 480 g/mol. The van der Waals surface area contributed by atoms with E-state index in [9.17, 15) is 9.90 Å². The highest BCUT2D eigenvalue weighted by Gasteiger charge is 2.49. The van der Waals surface area contributed by atoms with Crippen molar-refractivity contribution < 1.29 is 9.90 Å². The van der Waals surface area contributed by atoms with Gasteiger partial charge in [0, 0.05) is 17.2 Å². The number of rotatable bonds is 5. The van der Waals surface area contributed by atoms with Gasteiger partial charge in [0.15, 0.2) is 0 Å². The van der Waals surface area contributed by atoms with Crippen LogP contribution in [0.25, 0.3) is 6.08 Å². The van der Waals surface area contributed by atoms with Gasteiger partial charge in [-0.3, -0.25) is 4.79 Å². The van der Waals surface area contributed by atoms with Gasteiger partial charge in [0.25, 0.3) is 0 Å². The molecule has 0 aliphatic heterocycles. The predicted molar refractivity (Wildman–Crippen MR) is 149 cm³/mol. The molecule has 1 saturated carbocycles. The molecule has 0 radical (unpaired) electrons. The number of aromatic hydroxyl groups is 1. The van der Waals surface area contributed by atoms with Crippen molar-refractivity contribution in [3.8, 4) is 5.75 Å². The van der Waals surface area contributed by atoms with Gasteiger partial charge in [0.1, 0.15) is 5.75 Å². The first-order valence-corrected chi connectivity index (χ1v) is 13.1. The van der Waals surface area contributed by atoms with Crippen LogP contribution >= 0.6 is 0 Å². The fraction of sp³-hybridized carbons (Fsp3) is 0.364. The number of carbonyl (C=O) groups excluding carboxylic acids is 1. The molecule has 3 nitrogen and oxygen atoms in total. The summed E-state index contributed by atoms with van der Waals surface area (Å²) < 4.78 is 0. The Morgan fingerprint density at radius 1 is 0.806 bits per heavy atom. The summed E-state index contributed by atoms with van der Waals surface area (Å²) in [6.07, 6.45) is 8.22. The number of benzene rings is 3. The molecule has 2 aliphatic carbocycles. The molecule has 3 aromatic rings. The lowest BCUT2D eigenvalue weighted by Crippen LogP contribution is -2.34. The quantitative estimate of drug-likeness (QED) is 0.290. The molecule has 1 amide bonds. The molecule has 186 valence electrons. The number of amides is 1. The first-order chi connectivity index (χ1) is 17.0. The molecule has 3 heteroatoms. The SMILES string of the molecule is Cc1cc2c(cc1C1(c3ccccc3/C=C\C(=O)Nc3ccc(O)cc3)CC1)C(C)(C)CCC2(C)C. The third-order valence-corrected chi connectivity index (χ3v) is 8.49. The molecule has 0 heterocycles. The third kappa shape index (κ3) is 4.36. The summed E-state index contributed by atoms with van der Waals surface area (Å²) >= 11 is 0. The van der Waals surface area contributed by atoms with Crippen molar-refractivity contribution >= 4 is 17.7 Å². The van der Waals surface area contributed by atoms with E-state index in [1.165, 1.54) is 40.7 Å².